The Morgan fingerprint density at radius 3 is 1.64 bits per heavy atom. The van der Waals surface area contributed by atoms with E-state index in [1.165, 1.54) is 6.42 Å². The molecule has 0 N–H and O–H groups in total. The van der Waals surface area contributed by atoms with Crippen molar-refractivity contribution in [1.29, 1.82) is 0 Å². The molecule has 0 aromatic heterocycles. The van der Waals surface area contributed by atoms with E-state index >= 15 is 0 Å². The first kappa shape index (κ1) is 14.0. The molecule has 0 radical (unpaired) electrons. The van der Waals surface area contributed by atoms with E-state index < -0.39 is 16.1 Å². The highest BCUT2D eigenvalue weighted by Crippen LogP contribution is 2.40. The molecule has 0 saturated carbocycles. The van der Waals surface area contributed by atoms with Crippen molar-refractivity contribution in [2.24, 2.45) is 0 Å². The third-order valence-corrected chi connectivity index (χ3v) is 7.74. The van der Waals surface area contributed by atoms with Crippen molar-refractivity contribution < 1.29 is 0 Å². The molecule has 0 heterocycles. The second kappa shape index (κ2) is 4.24. The van der Waals surface area contributed by atoms with Gasteiger partial charge in [-0.05, 0) is 6.42 Å². The number of rotatable bonds is 2. The summed E-state index contributed by atoms with van der Waals surface area (Å²) in [6.45, 7) is 18.9. The van der Waals surface area contributed by atoms with Crippen LogP contribution in [0.25, 0.3) is 0 Å². The van der Waals surface area contributed by atoms with Crippen LogP contribution in [0, 0.1) is 11.5 Å². The summed E-state index contributed by atoms with van der Waals surface area (Å²) in [5.74, 6) is 3.60. The van der Waals surface area contributed by atoms with Gasteiger partial charge in [0, 0.05) is 5.04 Å². The molecule has 1 unspecified atom stereocenters. The van der Waals surface area contributed by atoms with E-state index in [1.54, 1.807) is 0 Å². The summed E-state index contributed by atoms with van der Waals surface area (Å²) in [5.41, 5.74) is 3.54. The Bertz CT molecular complexity index is 244. The van der Waals surface area contributed by atoms with Crippen LogP contribution in [0.15, 0.2) is 0 Å². The average molecular weight is 227 g/mol. The van der Waals surface area contributed by atoms with E-state index in [9.17, 15) is 0 Å². The zero-order valence-corrected chi connectivity index (χ0v) is 13.2. The van der Waals surface area contributed by atoms with Crippen LogP contribution in [-0.4, -0.2) is 16.1 Å². The van der Waals surface area contributed by atoms with Crippen molar-refractivity contribution in [2.75, 3.05) is 0 Å². The Labute approximate surface area is 92.5 Å². The monoisotopic (exact) mass is 226 g/mol. The first-order chi connectivity index (χ1) is 6.02. The number of hydrogen-bond acceptors (Lipinski definition) is 0. The van der Waals surface area contributed by atoms with E-state index in [0.29, 0.717) is 5.04 Å². The Morgan fingerprint density at radius 2 is 1.43 bits per heavy atom. The van der Waals surface area contributed by atoms with Crippen LogP contribution in [0.5, 0.6) is 0 Å². The van der Waals surface area contributed by atoms with Crippen molar-refractivity contribution in [3.8, 4) is 11.5 Å². The van der Waals surface area contributed by atoms with Gasteiger partial charge in [-0.3, -0.25) is 0 Å². The Balaban J connectivity index is 4.98. The van der Waals surface area contributed by atoms with Crippen LogP contribution >= 0.6 is 0 Å². The molecule has 82 valence electrons. The molecule has 1 atom stereocenters. The maximum Gasteiger partial charge on any atom is 0.129 e. The van der Waals surface area contributed by atoms with E-state index in [4.69, 9.17) is 0 Å². The predicted octanol–water partition coefficient (Wildman–Crippen LogP) is 4.38. The molecule has 0 rings (SSSR count). The molecule has 0 amide bonds. The lowest BCUT2D eigenvalue weighted by Gasteiger charge is -2.35. The summed E-state index contributed by atoms with van der Waals surface area (Å²) in [5, 5.41) is 0.299. The van der Waals surface area contributed by atoms with E-state index in [-0.39, 0.29) is 0 Å². The summed E-state index contributed by atoms with van der Waals surface area (Å²) in [7, 11) is -2.36. The fraction of sp³-hybridized carbons (Fsp3) is 0.833. The third kappa shape index (κ3) is 4.02. The van der Waals surface area contributed by atoms with Gasteiger partial charge in [-0.1, -0.05) is 53.1 Å². The molecule has 0 aromatic carbocycles. The van der Waals surface area contributed by atoms with Gasteiger partial charge in [-0.25, -0.2) is 0 Å². The molecule has 0 bridgehead atoms. The van der Waals surface area contributed by atoms with Crippen LogP contribution in [-0.2, 0) is 0 Å². The molecule has 0 saturated heterocycles. The fourth-order valence-corrected chi connectivity index (χ4v) is 3.41. The van der Waals surface area contributed by atoms with E-state index in [1.807, 2.05) is 0 Å². The van der Waals surface area contributed by atoms with Gasteiger partial charge >= 0.3 is 0 Å². The van der Waals surface area contributed by atoms with E-state index in [0.717, 1.165) is 0 Å². The van der Waals surface area contributed by atoms with Crippen molar-refractivity contribution in [1.82, 2.24) is 0 Å². The summed E-state index contributed by atoms with van der Waals surface area (Å²) in [6.07, 6.45) is 1.19. The first-order valence-electron chi connectivity index (χ1n) is 5.56. The van der Waals surface area contributed by atoms with Crippen LogP contribution in [0.1, 0.15) is 20.3 Å². The van der Waals surface area contributed by atoms with Crippen molar-refractivity contribution >= 4 is 16.1 Å². The maximum atomic E-state index is 3.60. The lowest BCUT2D eigenvalue weighted by molar-refractivity contribution is 0.714. The van der Waals surface area contributed by atoms with Crippen LogP contribution in [0.3, 0.4) is 0 Å². The van der Waals surface area contributed by atoms with Gasteiger partial charge in [-0.2, -0.15) is 0 Å². The highest BCUT2D eigenvalue weighted by atomic mass is 28.3. The Kier molecular flexibility index (Phi) is 4.24. The summed E-state index contributed by atoms with van der Waals surface area (Å²) < 4.78 is 0. The molecule has 0 spiro atoms. The SMILES string of the molecule is CCC(C)(C#C[Si](C)(C)C)[Si](C)(C)C. The highest BCUT2D eigenvalue weighted by Gasteiger charge is 2.36. The topological polar surface area (TPSA) is 0 Å². The fourth-order valence-electron chi connectivity index (χ4n) is 1.13. The summed E-state index contributed by atoms with van der Waals surface area (Å²) in [6, 6.07) is 0. The van der Waals surface area contributed by atoms with Gasteiger partial charge in [0.15, 0.2) is 0 Å². The minimum atomic E-state index is -1.20. The van der Waals surface area contributed by atoms with Gasteiger partial charge in [0.1, 0.15) is 8.07 Å². The van der Waals surface area contributed by atoms with Crippen LogP contribution in [0.4, 0.5) is 0 Å². The zero-order chi connectivity index (χ0) is 11.6. The third-order valence-electron chi connectivity index (χ3n) is 3.08. The van der Waals surface area contributed by atoms with Crippen molar-refractivity contribution in [3.63, 3.8) is 0 Å². The molecule has 0 aromatic rings. The molecule has 14 heavy (non-hydrogen) atoms. The quantitative estimate of drug-likeness (QED) is 0.484. The van der Waals surface area contributed by atoms with Gasteiger partial charge in [0.25, 0.3) is 0 Å². The minimum Gasteiger partial charge on any atom is -0.132 e. The van der Waals surface area contributed by atoms with Crippen LogP contribution in [0.2, 0.25) is 44.3 Å². The molecule has 0 nitrogen and oxygen atoms in total. The molecule has 0 fully saturated rings. The smallest absolute Gasteiger partial charge is 0.129 e. The normalized spacial score (nSPS) is 16.9. The maximum absolute atomic E-state index is 3.60. The summed E-state index contributed by atoms with van der Waals surface area (Å²) in [4.78, 5) is 0. The predicted molar refractivity (Wildman–Crippen MR) is 73.1 cm³/mol. The van der Waals surface area contributed by atoms with Gasteiger partial charge < -0.3 is 0 Å². The lowest BCUT2D eigenvalue weighted by Crippen LogP contribution is -2.36. The first-order valence-corrected chi connectivity index (χ1v) is 12.6. The minimum absolute atomic E-state index is 0.299. The summed E-state index contributed by atoms with van der Waals surface area (Å²) >= 11 is 0. The average Bonchev–Trinajstić information content (AvgIpc) is 1.96. The number of hydrogen-bond donors (Lipinski definition) is 0. The van der Waals surface area contributed by atoms with Gasteiger partial charge in [0.05, 0.1) is 8.07 Å². The molecule has 0 aliphatic rings. The molecular weight excluding hydrogens is 200 g/mol. The van der Waals surface area contributed by atoms with E-state index in [2.05, 4.69) is 64.6 Å². The molecular formula is C12H26Si2. The lowest BCUT2D eigenvalue weighted by atomic mass is 10.1. The molecule has 0 aliphatic carbocycles. The largest absolute Gasteiger partial charge is 0.132 e. The van der Waals surface area contributed by atoms with Crippen molar-refractivity contribution in [2.45, 2.75) is 64.6 Å². The van der Waals surface area contributed by atoms with Crippen molar-refractivity contribution in [3.05, 3.63) is 0 Å². The zero-order valence-electron chi connectivity index (χ0n) is 11.2. The molecule has 2 heteroatoms. The van der Waals surface area contributed by atoms with Crippen LogP contribution < -0.4 is 0 Å². The Morgan fingerprint density at radius 1 is 1.00 bits per heavy atom. The standard InChI is InChI=1S/C12H26Si2/c1-9-12(2,14(6,7)8)10-11-13(3,4)5/h9H2,1-8H3. The highest BCUT2D eigenvalue weighted by molar-refractivity contribution is 6.84. The Hall–Kier alpha value is -0.00623. The molecule has 0 aliphatic heterocycles. The van der Waals surface area contributed by atoms with Gasteiger partial charge in [0.2, 0.25) is 0 Å². The second-order valence-corrected chi connectivity index (χ2v) is 16.8. The second-order valence-electron chi connectivity index (χ2n) is 6.44. The van der Waals surface area contributed by atoms with Gasteiger partial charge in [-0.15, -0.1) is 11.5 Å².